The molecule has 0 N–H and O–H groups in total. The molecule has 0 heterocycles. The summed E-state index contributed by atoms with van der Waals surface area (Å²) in [7, 11) is -0.929. The van der Waals surface area contributed by atoms with E-state index >= 15 is 0 Å². The molecule has 2 saturated carbocycles. The molecule has 2 aliphatic carbocycles. The van der Waals surface area contributed by atoms with Crippen LogP contribution in [-0.2, 0) is 0 Å². The number of benzene rings is 4. The smallest absolute Gasteiger partial charge is 0.00712 e. The van der Waals surface area contributed by atoms with Gasteiger partial charge >= 0.3 is 0 Å². The fourth-order valence-corrected chi connectivity index (χ4v) is 16.5. The number of aryl methyl sites for hydroxylation is 2. The van der Waals surface area contributed by atoms with E-state index in [9.17, 15) is 0 Å². The van der Waals surface area contributed by atoms with Crippen LogP contribution in [-0.4, -0.2) is 5.66 Å². The van der Waals surface area contributed by atoms with Gasteiger partial charge in [0.05, 0.1) is 0 Å². The van der Waals surface area contributed by atoms with E-state index in [1.165, 1.54) is 86.5 Å². The van der Waals surface area contributed by atoms with Crippen molar-refractivity contribution in [2.45, 2.75) is 89.6 Å². The summed E-state index contributed by atoms with van der Waals surface area (Å²) in [6, 6.07) is 38.0. The van der Waals surface area contributed by atoms with Crippen molar-refractivity contribution in [3.05, 3.63) is 114 Å². The maximum absolute atomic E-state index is 2.55. The Kier molecular flexibility index (Phi) is 9.17. The van der Waals surface area contributed by atoms with Crippen molar-refractivity contribution in [1.82, 2.24) is 0 Å². The standard InChI is InChI=1S/C38H44P2/c1-29-15-12-13-23-36(29)38-30(2)16-14-24-37(38)40(34-21-10-5-11-22-34)39(33-19-8-4-9-20-33)35-27-25-32(26-28-35)31-17-6-3-7-18-31/h4,8-9,12-16,19-20,23-28,31,34H,3,5-7,10-11,17-18,21-22H2,1-2H3/t39-,40?/m0/s1. The quantitative estimate of drug-likeness (QED) is 0.197. The van der Waals surface area contributed by atoms with Gasteiger partial charge in [-0.2, -0.15) is 0 Å². The number of rotatable bonds is 7. The molecular weight excluding hydrogens is 518 g/mol. The second-order valence-corrected chi connectivity index (χ2v) is 18.0. The van der Waals surface area contributed by atoms with Crippen LogP contribution in [0.2, 0.25) is 0 Å². The maximum Gasteiger partial charge on any atom is -0.00712 e. The highest BCUT2D eigenvalue weighted by Crippen LogP contribution is 2.72. The maximum atomic E-state index is 2.55. The van der Waals surface area contributed by atoms with Crippen LogP contribution in [0.15, 0.2) is 97.1 Å². The highest BCUT2D eigenvalue weighted by Gasteiger charge is 2.35. The molecule has 2 fully saturated rings. The summed E-state index contributed by atoms with van der Waals surface area (Å²) < 4.78 is 0. The number of hydrogen-bond acceptors (Lipinski definition) is 0. The van der Waals surface area contributed by atoms with Crippen molar-refractivity contribution in [1.29, 1.82) is 0 Å². The van der Waals surface area contributed by atoms with E-state index in [-0.39, 0.29) is 0 Å². The molecule has 4 aromatic carbocycles. The van der Waals surface area contributed by atoms with Gasteiger partial charge in [-0.1, -0.05) is 136 Å². The van der Waals surface area contributed by atoms with Gasteiger partial charge in [0.2, 0.25) is 0 Å². The summed E-state index contributed by atoms with van der Waals surface area (Å²) in [4.78, 5) is 0. The summed E-state index contributed by atoms with van der Waals surface area (Å²) in [5.41, 5.74) is 8.10. The van der Waals surface area contributed by atoms with E-state index in [0.29, 0.717) is 0 Å². The fraction of sp³-hybridized carbons (Fsp3) is 0.368. The second kappa shape index (κ2) is 13.1. The third kappa shape index (κ3) is 6.01. The Morgan fingerprint density at radius 2 is 1.12 bits per heavy atom. The van der Waals surface area contributed by atoms with Crippen LogP contribution < -0.4 is 15.9 Å². The largest absolute Gasteiger partial charge is 0.0622 e. The Bertz CT molecular complexity index is 1380. The highest BCUT2D eigenvalue weighted by atomic mass is 32.1. The lowest BCUT2D eigenvalue weighted by Gasteiger charge is -2.39. The molecule has 0 aromatic heterocycles. The molecule has 0 bridgehead atoms. The predicted molar refractivity (Wildman–Crippen MR) is 180 cm³/mol. The van der Waals surface area contributed by atoms with E-state index in [4.69, 9.17) is 0 Å². The van der Waals surface area contributed by atoms with Crippen LogP contribution in [0, 0.1) is 13.8 Å². The van der Waals surface area contributed by atoms with E-state index in [2.05, 4.69) is 111 Å². The van der Waals surface area contributed by atoms with Crippen molar-refractivity contribution in [2.75, 3.05) is 0 Å². The zero-order valence-electron chi connectivity index (χ0n) is 24.4. The van der Waals surface area contributed by atoms with Crippen molar-refractivity contribution in [3.8, 4) is 11.1 Å². The zero-order valence-corrected chi connectivity index (χ0v) is 26.1. The van der Waals surface area contributed by atoms with Gasteiger partial charge in [0.1, 0.15) is 0 Å². The molecule has 0 amide bonds. The SMILES string of the molecule is Cc1ccccc1-c1c(C)cccc1P(C1CCCCC1)[P@@](c1ccccc1)c1ccc(C2CCCCC2)cc1. The van der Waals surface area contributed by atoms with Gasteiger partial charge in [0, 0.05) is 0 Å². The average molecular weight is 563 g/mol. The van der Waals surface area contributed by atoms with E-state index in [0.717, 1.165) is 11.6 Å². The Labute approximate surface area is 245 Å². The fourth-order valence-electron chi connectivity index (χ4n) is 7.13. The van der Waals surface area contributed by atoms with E-state index in [1.807, 2.05) is 0 Å². The number of hydrogen-bond donors (Lipinski definition) is 0. The van der Waals surface area contributed by atoms with Crippen LogP contribution in [0.5, 0.6) is 0 Å². The van der Waals surface area contributed by atoms with Gasteiger partial charge in [-0.15, -0.1) is 0 Å². The molecule has 40 heavy (non-hydrogen) atoms. The normalized spacial score (nSPS) is 18.4. The van der Waals surface area contributed by atoms with Gasteiger partial charge in [-0.25, -0.2) is 0 Å². The van der Waals surface area contributed by atoms with Crippen LogP contribution in [0.4, 0.5) is 0 Å². The van der Waals surface area contributed by atoms with E-state index < -0.39 is 15.2 Å². The van der Waals surface area contributed by atoms with Crippen molar-refractivity contribution >= 4 is 31.1 Å². The van der Waals surface area contributed by atoms with Crippen LogP contribution in [0.1, 0.15) is 86.8 Å². The minimum absolute atomic E-state index is 0.422. The Balaban J connectivity index is 1.52. The van der Waals surface area contributed by atoms with Gasteiger partial charge in [0.15, 0.2) is 0 Å². The van der Waals surface area contributed by atoms with Crippen LogP contribution in [0.3, 0.4) is 0 Å². The Morgan fingerprint density at radius 1 is 0.525 bits per heavy atom. The van der Waals surface area contributed by atoms with Crippen LogP contribution in [0.25, 0.3) is 11.1 Å². The summed E-state index contributed by atoms with van der Waals surface area (Å²) in [6.07, 6.45) is 13.8. The summed E-state index contributed by atoms with van der Waals surface area (Å²) >= 11 is 0. The third-order valence-corrected chi connectivity index (χ3v) is 17.6. The molecule has 206 valence electrons. The average Bonchev–Trinajstić information content (AvgIpc) is 3.02. The first kappa shape index (κ1) is 27.9. The first-order valence-corrected chi connectivity index (χ1v) is 19.1. The zero-order chi connectivity index (χ0) is 27.3. The summed E-state index contributed by atoms with van der Waals surface area (Å²) in [5.74, 6) is 0.759. The summed E-state index contributed by atoms with van der Waals surface area (Å²) in [5, 5.41) is 4.77. The molecule has 2 heteroatoms. The lowest BCUT2D eigenvalue weighted by Crippen LogP contribution is -2.24. The van der Waals surface area contributed by atoms with Crippen molar-refractivity contribution in [3.63, 3.8) is 0 Å². The Hall–Kier alpha value is -2.26. The molecule has 1 unspecified atom stereocenters. The van der Waals surface area contributed by atoms with Gasteiger partial charge in [-0.3, -0.25) is 0 Å². The molecule has 4 aromatic rings. The van der Waals surface area contributed by atoms with Crippen molar-refractivity contribution < 1.29 is 0 Å². The third-order valence-electron chi connectivity index (χ3n) is 9.26. The summed E-state index contributed by atoms with van der Waals surface area (Å²) in [6.45, 7) is 4.63. The molecule has 2 aliphatic rings. The molecule has 0 aliphatic heterocycles. The molecular formula is C38H44P2. The minimum Gasteiger partial charge on any atom is -0.0622 e. The predicted octanol–water partition coefficient (Wildman–Crippen LogP) is 10.5. The second-order valence-electron chi connectivity index (χ2n) is 12.0. The first-order valence-electron chi connectivity index (χ1n) is 15.6. The molecule has 0 saturated heterocycles. The monoisotopic (exact) mass is 562 g/mol. The van der Waals surface area contributed by atoms with Gasteiger partial charge in [-0.05, 0) is 110 Å². The topological polar surface area (TPSA) is 0 Å². The van der Waals surface area contributed by atoms with Crippen molar-refractivity contribution in [2.24, 2.45) is 0 Å². The molecule has 0 radical (unpaired) electrons. The lowest BCUT2D eigenvalue weighted by atomic mass is 9.84. The molecule has 6 rings (SSSR count). The molecule has 2 atom stereocenters. The van der Waals surface area contributed by atoms with E-state index in [1.54, 1.807) is 21.5 Å². The molecule has 0 spiro atoms. The van der Waals surface area contributed by atoms with Gasteiger partial charge in [0.25, 0.3) is 0 Å². The first-order chi connectivity index (χ1) is 19.7. The van der Waals surface area contributed by atoms with Crippen LogP contribution >= 0.6 is 15.2 Å². The highest BCUT2D eigenvalue weighted by molar-refractivity contribution is 8.39. The minimum atomic E-state index is -0.507. The molecule has 0 nitrogen and oxygen atoms in total. The lowest BCUT2D eigenvalue weighted by molar-refractivity contribution is 0.443. The Morgan fingerprint density at radius 3 is 1.82 bits per heavy atom. The van der Waals surface area contributed by atoms with Gasteiger partial charge < -0.3 is 0 Å².